The normalized spacial score (nSPS) is 12.2. The highest BCUT2D eigenvalue weighted by Crippen LogP contribution is 2.26. The van der Waals surface area contributed by atoms with Crippen molar-refractivity contribution in [1.82, 2.24) is 19.9 Å². The second-order valence-electron chi connectivity index (χ2n) is 7.25. The Morgan fingerprint density at radius 1 is 1.16 bits per heavy atom. The van der Waals surface area contributed by atoms with Gasteiger partial charge in [0.25, 0.3) is 0 Å². The van der Waals surface area contributed by atoms with Crippen LogP contribution in [0.15, 0.2) is 55.0 Å². The standard InChI is InChI=1S/C22H23ClN6O2S/c1-14(21(31)28-22-26-12-18(23)32-22)15-6-4-7-16(10-15)17-11-25-19(13-24-17)27-20(30)8-5-9-29(2)3/h4-8,10-14H,9H2,1-3H3,(H,25,27,30)(H,26,28,31)/b8-5+. The van der Waals surface area contributed by atoms with Crippen LogP contribution in [0.25, 0.3) is 11.3 Å². The first-order valence-electron chi connectivity index (χ1n) is 9.78. The Labute approximate surface area is 195 Å². The number of hydrogen-bond donors (Lipinski definition) is 2. The van der Waals surface area contributed by atoms with E-state index in [4.69, 9.17) is 11.6 Å². The van der Waals surface area contributed by atoms with Crippen molar-refractivity contribution in [2.24, 2.45) is 0 Å². The maximum Gasteiger partial charge on any atom is 0.249 e. The van der Waals surface area contributed by atoms with Gasteiger partial charge in [-0.05, 0) is 32.6 Å². The summed E-state index contributed by atoms with van der Waals surface area (Å²) < 4.78 is 0.512. The molecule has 0 radical (unpaired) electrons. The van der Waals surface area contributed by atoms with Crippen molar-refractivity contribution in [2.75, 3.05) is 31.3 Å². The fraction of sp³-hybridized carbons (Fsp3) is 0.227. The zero-order valence-corrected chi connectivity index (χ0v) is 19.4. The lowest BCUT2D eigenvalue weighted by molar-refractivity contribution is -0.117. The van der Waals surface area contributed by atoms with Crippen molar-refractivity contribution >= 4 is 45.7 Å². The maximum absolute atomic E-state index is 12.6. The predicted octanol–water partition coefficient (Wildman–Crippen LogP) is 4.05. The van der Waals surface area contributed by atoms with Gasteiger partial charge in [-0.15, -0.1) is 0 Å². The van der Waals surface area contributed by atoms with E-state index < -0.39 is 5.92 Å². The Morgan fingerprint density at radius 2 is 1.97 bits per heavy atom. The Balaban J connectivity index is 1.66. The number of benzene rings is 1. The molecule has 0 spiro atoms. The van der Waals surface area contributed by atoms with Crippen molar-refractivity contribution in [2.45, 2.75) is 12.8 Å². The maximum atomic E-state index is 12.6. The van der Waals surface area contributed by atoms with E-state index in [-0.39, 0.29) is 11.8 Å². The zero-order chi connectivity index (χ0) is 23.1. The average Bonchev–Trinajstić information content (AvgIpc) is 3.18. The van der Waals surface area contributed by atoms with Gasteiger partial charge in [-0.2, -0.15) is 0 Å². The number of hydrogen-bond acceptors (Lipinski definition) is 7. The van der Waals surface area contributed by atoms with Gasteiger partial charge in [0.1, 0.15) is 4.34 Å². The highest BCUT2D eigenvalue weighted by atomic mass is 35.5. The van der Waals surface area contributed by atoms with Crippen LogP contribution >= 0.6 is 22.9 Å². The van der Waals surface area contributed by atoms with Crippen LogP contribution in [0.1, 0.15) is 18.4 Å². The topological polar surface area (TPSA) is 100 Å². The number of amides is 2. The van der Waals surface area contributed by atoms with Crippen molar-refractivity contribution in [1.29, 1.82) is 0 Å². The fourth-order valence-corrected chi connectivity index (χ4v) is 3.54. The van der Waals surface area contributed by atoms with E-state index in [2.05, 4.69) is 25.6 Å². The molecule has 0 aliphatic heterocycles. The quantitative estimate of drug-likeness (QED) is 0.482. The number of nitrogens with zero attached hydrogens (tertiary/aromatic N) is 4. The first-order valence-corrected chi connectivity index (χ1v) is 11.0. The van der Waals surface area contributed by atoms with Gasteiger partial charge in [-0.3, -0.25) is 14.6 Å². The largest absolute Gasteiger partial charge is 0.306 e. The molecule has 2 N–H and O–H groups in total. The number of nitrogens with one attached hydrogen (secondary N) is 2. The van der Waals surface area contributed by atoms with E-state index in [1.54, 1.807) is 12.3 Å². The number of halogens is 1. The van der Waals surface area contributed by atoms with E-state index in [1.807, 2.05) is 50.2 Å². The highest BCUT2D eigenvalue weighted by molar-refractivity contribution is 7.19. The van der Waals surface area contributed by atoms with Crippen molar-refractivity contribution in [3.63, 3.8) is 0 Å². The molecule has 1 atom stereocenters. The van der Waals surface area contributed by atoms with Crippen LogP contribution in [0.5, 0.6) is 0 Å². The summed E-state index contributed by atoms with van der Waals surface area (Å²) in [6.07, 6.45) is 7.81. The predicted molar refractivity (Wildman–Crippen MR) is 128 cm³/mol. The van der Waals surface area contributed by atoms with Gasteiger partial charge in [0.15, 0.2) is 10.9 Å². The summed E-state index contributed by atoms with van der Waals surface area (Å²) >= 11 is 7.07. The number of likely N-dealkylation sites (N-methyl/N-ethyl adjacent to an activating group) is 1. The summed E-state index contributed by atoms with van der Waals surface area (Å²) in [5.41, 5.74) is 2.27. The minimum Gasteiger partial charge on any atom is -0.306 e. The first-order chi connectivity index (χ1) is 15.3. The van der Waals surface area contributed by atoms with Crippen LogP contribution in [0.3, 0.4) is 0 Å². The van der Waals surface area contributed by atoms with E-state index in [1.165, 1.54) is 29.8 Å². The molecule has 166 valence electrons. The van der Waals surface area contributed by atoms with E-state index >= 15 is 0 Å². The van der Waals surface area contributed by atoms with Gasteiger partial charge in [0.05, 0.1) is 30.2 Å². The Morgan fingerprint density at radius 3 is 2.62 bits per heavy atom. The molecule has 0 saturated heterocycles. The summed E-state index contributed by atoms with van der Waals surface area (Å²) in [5.74, 6) is -0.491. The number of carbonyl (C=O) groups excluding carboxylic acids is 2. The van der Waals surface area contributed by atoms with Crippen LogP contribution in [0.4, 0.5) is 10.9 Å². The monoisotopic (exact) mass is 470 g/mol. The minimum atomic E-state index is -0.405. The summed E-state index contributed by atoms with van der Waals surface area (Å²) in [4.78, 5) is 39.2. The summed E-state index contributed by atoms with van der Waals surface area (Å²) in [5, 5.41) is 5.91. The van der Waals surface area contributed by atoms with Gasteiger partial charge in [0, 0.05) is 18.2 Å². The number of aromatic nitrogens is 3. The molecule has 1 unspecified atom stereocenters. The molecule has 2 amide bonds. The van der Waals surface area contributed by atoms with Crippen LogP contribution in [0, 0.1) is 0 Å². The van der Waals surface area contributed by atoms with Crippen molar-refractivity contribution < 1.29 is 9.59 Å². The molecule has 0 fully saturated rings. The van der Waals surface area contributed by atoms with Gasteiger partial charge in [-0.1, -0.05) is 47.2 Å². The zero-order valence-electron chi connectivity index (χ0n) is 17.9. The van der Waals surface area contributed by atoms with Crippen molar-refractivity contribution in [3.05, 3.63) is 64.9 Å². The molecule has 10 heteroatoms. The molecule has 3 aromatic rings. The average molecular weight is 471 g/mol. The molecule has 0 bridgehead atoms. The molecule has 0 aliphatic rings. The third-order valence-corrected chi connectivity index (χ3v) is 5.46. The van der Waals surface area contributed by atoms with E-state index in [0.29, 0.717) is 27.5 Å². The minimum absolute atomic E-state index is 0.181. The second-order valence-corrected chi connectivity index (χ2v) is 8.91. The number of rotatable bonds is 8. The van der Waals surface area contributed by atoms with Gasteiger partial charge < -0.3 is 15.5 Å². The highest BCUT2D eigenvalue weighted by Gasteiger charge is 2.17. The van der Waals surface area contributed by atoms with Gasteiger partial charge in [0.2, 0.25) is 11.8 Å². The lowest BCUT2D eigenvalue weighted by Crippen LogP contribution is -2.18. The van der Waals surface area contributed by atoms with Crippen LogP contribution in [-0.4, -0.2) is 52.3 Å². The van der Waals surface area contributed by atoms with E-state index in [0.717, 1.165) is 11.1 Å². The Bertz CT molecular complexity index is 1110. The Kier molecular flexibility index (Phi) is 8.04. The number of anilines is 2. The van der Waals surface area contributed by atoms with E-state index in [9.17, 15) is 9.59 Å². The molecular weight excluding hydrogens is 448 g/mol. The molecule has 0 aliphatic carbocycles. The molecule has 1 aromatic carbocycles. The van der Waals surface area contributed by atoms with Crippen LogP contribution in [-0.2, 0) is 9.59 Å². The number of carbonyl (C=O) groups is 2. The fourth-order valence-electron chi connectivity index (χ4n) is 2.72. The summed E-state index contributed by atoms with van der Waals surface area (Å²) in [6, 6.07) is 7.53. The van der Waals surface area contributed by atoms with Crippen LogP contribution in [0.2, 0.25) is 4.34 Å². The SMILES string of the molecule is CC(C(=O)Nc1ncc(Cl)s1)c1cccc(-c2cnc(NC(=O)/C=C/CN(C)C)cn2)c1. The summed E-state index contributed by atoms with van der Waals surface area (Å²) in [7, 11) is 3.84. The summed E-state index contributed by atoms with van der Waals surface area (Å²) in [6.45, 7) is 2.49. The van der Waals surface area contributed by atoms with Gasteiger partial charge in [-0.25, -0.2) is 9.97 Å². The molecule has 3 rings (SSSR count). The second kappa shape index (κ2) is 10.9. The number of thiazole rings is 1. The molecule has 2 heterocycles. The molecule has 32 heavy (non-hydrogen) atoms. The Hall–Kier alpha value is -3.14. The molecule has 8 nitrogen and oxygen atoms in total. The van der Waals surface area contributed by atoms with Gasteiger partial charge >= 0.3 is 0 Å². The molecular formula is C22H23ClN6O2S. The molecule has 2 aromatic heterocycles. The lowest BCUT2D eigenvalue weighted by atomic mass is 9.97. The first kappa shape index (κ1) is 23.5. The lowest BCUT2D eigenvalue weighted by Gasteiger charge is -2.12. The smallest absolute Gasteiger partial charge is 0.249 e. The third kappa shape index (κ3) is 6.68. The van der Waals surface area contributed by atoms with Crippen LogP contribution < -0.4 is 10.6 Å². The third-order valence-electron chi connectivity index (χ3n) is 4.43. The molecule has 0 saturated carbocycles. The van der Waals surface area contributed by atoms with Crippen molar-refractivity contribution in [3.8, 4) is 11.3 Å².